The van der Waals surface area contributed by atoms with Crippen LogP contribution in [0, 0.1) is 0 Å². The van der Waals surface area contributed by atoms with Crippen LogP contribution in [0.5, 0.6) is 0 Å². The first kappa shape index (κ1) is 9.38. The molecule has 0 aliphatic rings. The molecular formula is C8H9N5O2. The molecular weight excluding hydrogens is 198 g/mol. The molecule has 0 saturated carbocycles. The summed E-state index contributed by atoms with van der Waals surface area (Å²) < 4.78 is 1.60. The van der Waals surface area contributed by atoms with E-state index in [1.807, 2.05) is 0 Å². The van der Waals surface area contributed by atoms with Crippen molar-refractivity contribution in [1.29, 1.82) is 0 Å². The van der Waals surface area contributed by atoms with Crippen molar-refractivity contribution in [2.75, 3.05) is 5.73 Å². The standard InChI is InChI=1S/C8H9N5O2/c9-5-3-10-8-12-11-6(13(8)4-5)1-2-7(14)15/h3-4H,1-2,9H2,(H,14,15). The number of nitrogen functional groups attached to an aromatic ring is 1. The van der Waals surface area contributed by atoms with Gasteiger partial charge in [-0.2, -0.15) is 0 Å². The highest BCUT2D eigenvalue weighted by molar-refractivity contribution is 5.66. The molecule has 0 saturated heterocycles. The van der Waals surface area contributed by atoms with Gasteiger partial charge in [-0.1, -0.05) is 0 Å². The minimum atomic E-state index is -0.872. The third kappa shape index (κ3) is 1.85. The molecule has 7 heteroatoms. The van der Waals surface area contributed by atoms with E-state index in [2.05, 4.69) is 15.2 Å². The number of carboxylic acid groups (broad SMARTS) is 1. The van der Waals surface area contributed by atoms with E-state index in [4.69, 9.17) is 10.8 Å². The van der Waals surface area contributed by atoms with Crippen molar-refractivity contribution in [1.82, 2.24) is 19.6 Å². The predicted molar refractivity (Wildman–Crippen MR) is 51.2 cm³/mol. The van der Waals surface area contributed by atoms with E-state index in [1.54, 1.807) is 10.6 Å². The summed E-state index contributed by atoms with van der Waals surface area (Å²) in [5, 5.41) is 16.2. The number of nitrogens with zero attached hydrogens (tertiary/aromatic N) is 4. The van der Waals surface area contributed by atoms with Gasteiger partial charge in [0.05, 0.1) is 18.3 Å². The summed E-state index contributed by atoms with van der Waals surface area (Å²) in [6.07, 6.45) is 3.42. The van der Waals surface area contributed by atoms with Crippen molar-refractivity contribution in [2.45, 2.75) is 12.8 Å². The van der Waals surface area contributed by atoms with Gasteiger partial charge < -0.3 is 10.8 Å². The number of hydrogen-bond donors (Lipinski definition) is 2. The third-order valence-corrected chi connectivity index (χ3v) is 1.92. The number of nitrogens with two attached hydrogens (primary N) is 1. The summed E-state index contributed by atoms with van der Waals surface area (Å²) in [5.74, 6) is 0.0976. The number of rotatable bonds is 3. The molecule has 2 rings (SSSR count). The summed E-state index contributed by atoms with van der Waals surface area (Å²) in [5.41, 5.74) is 6.04. The van der Waals surface area contributed by atoms with Gasteiger partial charge in [-0.25, -0.2) is 4.98 Å². The Morgan fingerprint density at radius 3 is 3.07 bits per heavy atom. The molecule has 3 N–H and O–H groups in total. The van der Waals surface area contributed by atoms with E-state index in [0.717, 1.165) is 0 Å². The lowest BCUT2D eigenvalue weighted by Crippen LogP contribution is -2.02. The Hall–Kier alpha value is -2.18. The molecule has 0 bridgehead atoms. The summed E-state index contributed by atoms with van der Waals surface area (Å²) in [7, 11) is 0. The molecule has 0 aliphatic carbocycles. The van der Waals surface area contributed by atoms with Crippen LogP contribution >= 0.6 is 0 Å². The number of carboxylic acids is 1. The van der Waals surface area contributed by atoms with Crippen LogP contribution in [0.1, 0.15) is 12.2 Å². The molecule has 2 aromatic heterocycles. The Labute approximate surface area is 84.6 Å². The van der Waals surface area contributed by atoms with Gasteiger partial charge in [-0.15, -0.1) is 10.2 Å². The lowest BCUT2D eigenvalue weighted by molar-refractivity contribution is -0.137. The van der Waals surface area contributed by atoms with E-state index >= 15 is 0 Å². The van der Waals surface area contributed by atoms with Crippen molar-refractivity contribution in [3.05, 3.63) is 18.2 Å². The zero-order valence-corrected chi connectivity index (χ0v) is 7.79. The second-order valence-electron chi connectivity index (χ2n) is 3.07. The molecule has 0 spiro atoms. The van der Waals surface area contributed by atoms with Crippen LogP contribution in [0.25, 0.3) is 5.78 Å². The topological polar surface area (TPSA) is 106 Å². The molecule has 0 amide bonds. The Morgan fingerprint density at radius 1 is 1.53 bits per heavy atom. The highest BCUT2D eigenvalue weighted by atomic mass is 16.4. The molecule has 0 atom stereocenters. The van der Waals surface area contributed by atoms with Crippen molar-refractivity contribution in [3.8, 4) is 0 Å². The summed E-state index contributed by atoms with van der Waals surface area (Å²) in [6, 6.07) is 0. The number of anilines is 1. The average Bonchev–Trinajstić information content (AvgIpc) is 2.57. The fourth-order valence-electron chi connectivity index (χ4n) is 1.24. The first-order valence-electron chi connectivity index (χ1n) is 4.34. The number of aliphatic carboxylic acids is 1. The van der Waals surface area contributed by atoms with E-state index < -0.39 is 5.97 Å². The molecule has 78 valence electrons. The second-order valence-corrected chi connectivity index (χ2v) is 3.07. The zero-order valence-electron chi connectivity index (χ0n) is 7.79. The summed E-state index contributed by atoms with van der Waals surface area (Å²) in [4.78, 5) is 14.3. The van der Waals surface area contributed by atoms with Crippen molar-refractivity contribution < 1.29 is 9.90 Å². The normalized spacial score (nSPS) is 10.7. The summed E-state index contributed by atoms with van der Waals surface area (Å²) in [6.45, 7) is 0. The maximum Gasteiger partial charge on any atom is 0.303 e. The number of carbonyl (C=O) groups is 1. The van der Waals surface area contributed by atoms with Crippen molar-refractivity contribution >= 4 is 17.4 Å². The molecule has 7 nitrogen and oxygen atoms in total. The van der Waals surface area contributed by atoms with Gasteiger partial charge in [0.15, 0.2) is 0 Å². The van der Waals surface area contributed by atoms with Crippen LogP contribution in [-0.4, -0.2) is 30.7 Å². The molecule has 15 heavy (non-hydrogen) atoms. The van der Waals surface area contributed by atoms with Gasteiger partial charge >= 0.3 is 5.97 Å². The maximum atomic E-state index is 10.4. The van der Waals surface area contributed by atoms with Crippen molar-refractivity contribution in [3.63, 3.8) is 0 Å². The van der Waals surface area contributed by atoms with E-state index in [-0.39, 0.29) is 6.42 Å². The van der Waals surface area contributed by atoms with Crippen molar-refractivity contribution in [2.24, 2.45) is 0 Å². The van der Waals surface area contributed by atoms with Gasteiger partial charge in [0.2, 0.25) is 0 Å². The van der Waals surface area contributed by atoms with Gasteiger partial charge in [0, 0.05) is 12.6 Å². The van der Waals surface area contributed by atoms with Crippen LogP contribution in [0.4, 0.5) is 5.69 Å². The molecule has 2 aromatic rings. The van der Waals surface area contributed by atoms with E-state index in [1.165, 1.54) is 6.20 Å². The number of fused-ring (bicyclic) bond motifs is 1. The number of aromatic nitrogens is 4. The van der Waals surface area contributed by atoms with Gasteiger partial charge in [0.25, 0.3) is 5.78 Å². The highest BCUT2D eigenvalue weighted by Crippen LogP contribution is 2.06. The lowest BCUT2D eigenvalue weighted by Gasteiger charge is -1.97. The first-order valence-corrected chi connectivity index (χ1v) is 4.34. The number of aryl methyl sites for hydroxylation is 1. The quantitative estimate of drug-likeness (QED) is 0.717. The van der Waals surface area contributed by atoms with Crippen LogP contribution in [-0.2, 0) is 11.2 Å². The zero-order chi connectivity index (χ0) is 10.8. The van der Waals surface area contributed by atoms with Gasteiger partial charge in [-0.05, 0) is 0 Å². The molecule has 0 radical (unpaired) electrons. The average molecular weight is 207 g/mol. The molecule has 2 heterocycles. The molecule has 0 unspecified atom stereocenters. The smallest absolute Gasteiger partial charge is 0.303 e. The molecule has 0 aliphatic heterocycles. The third-order valence-electron chi connectivity index (χ3n) is 1.92. The number of hydrogen-bond acceptors (Lipinski definition) is 5. The predicted octanol–water partition coefficient (Wildman–Crippen LogP) is -0.276. The maximum absolute atomic E-state index is 10.4. The molecule has 0 fully saturated rings. The SMILES string of the molecule is Nc1cnc2nnc(CCC(=O)O)n2c1. The van der Waals surface area contributed by atoms with Crippen LogP contribution in [0.3, 0.4) is 0 Å². The summed E-state index contributed by atoms with van der Waals surface area (Å²) >= 11 is 0. The largest absolute Gasteiger partial charge is 0.481 e. The Morgan fingerprint density at radius 2 is 2.33 bits per heavy atom. The minimum Gasteiger partial charge on any atom is -0.481 e. The second kappa shape index (κ2) is 3.52. The van der Waals surface area contributed by atoms with Crippen LogP contribution < -0.4 is 5.73 Å². The first-order chi connectivity index (χ1) is 7.16. The Kier molecular flexibility index (Phi) is 2.20. The van der Waals surface area contributed by atoms with Gasteiger partial charge in [-0.3, -0.25) is 9.20 Å². The fourth-order valence-corrected chi connectivity index (χ4v) is 1.24. The Bertz CT molecular complexity index is 507. The minimum absolute atomic E-state index is 0.00952. The van der Waals surface area contributed by atoms with E-state index in [0.29, 0.717) is 23.7 Å². The Balaban J connectivity index is 2.35. The van der Waals surface area contributed by atoms with Crippen LogP contribution in [0.2, 0.25) is 0 Å². The monoisotopic (exact) mass is 207 g/mol. The van der Waals surface area contributed by atoms with Gasteiger partial charge in [0.1, 0.15) is 5.82 Å². The molecule has 0 aromatic carbocycles. The highest BCUT2D eigenvalue weighted by Gasteiger charge is 2.08. The lowest BCUT2D eigenvalue weighted by atomic mass is 10.3. The van der Waals surface area contributed by atoms with E-state index in [9.17, 15) is 4.79 Å². The fraction of sp³-hybridized carbons (Fsp3) is 0.250. The van der Waals surface area contributed by atoms with Crippen LogP contribution in [0.15, 0.2) is 12.4 Å².